The molecule has 1 aliphatic rings. The Kier molecular flexibility index (Phi) is 2.52. The number of hydrogen-bond acceptors (Lipinski definition) is 1. The van der Waals surface area contributed by atoms with E-state index in [1.54, 1.807) is 0 Å². The van der Waals surface area contributed by atoms with Gasteiger partial charge in [-0.1, -0.05) is 13.3 Å². The van der Waals surface area contributed by atoms with Crippen molar-refractivity contribution in [1.82, 2.24) is 5.32 Å². The van der Waals surface area contributed by atoms with E-state index >= 15 is 0 Å². The molecule has 1 aliphatic heterocycles. The van der Waals surface area contributed by atoms with E-state index in [9.17, 15) is 0 Å². The molecule has 1 N–H and O–H groups in total. The monoisotopic (exact) mass is 127 g/mol. The van der Waals surface area contributed by atoms with E-state index in [1.165, 1.54) is 25.8 Å². The van der Waals surface area contributed by atoms with Crippen molar-refractivity contribution in [2.24, 2.45) is 5.92 Å². The van der Waals surface area contributed by atoms with Crippen molar-refractivity contribution >= 4 is 0 Å². The van der Waals surface area contributed by atoms with Gasteiger partial charge in [0, 0.05) is 6.04 Å². The highest BCUT2D eigenvalue weighted by molar-refractivity contribution is 4.69. The fourth-order valence-corrected chi connectivity index (χ4v) is 1.38. The van der Waals surface area contributed by atoms with E-state index in [0.717, 1.165) is 12.0 Å². The third-order valence-electron chi connectivity index (χ3n) is 2.15. The van der Waals surface area contributed by atoms with Crippen molar-refractivity contribution in [2.75, 3.05) is 6.54 Å². The van der Waals surface area contributed by atoms with Gasteiger partial charge in [0.15, 0.2) is 0 Å². The number of hydrogen-bond donors (Lipinski definition) is 1. The van der Waals surface area contributed by atoms with Gasteiger partial charge in [-0.05, 0) is 32.2 Å². The maximum atomic E-state index is 3.49. The zero-order chi connectivity index (χ0) is 6.69. The van der Waals surface area contributed by atoms with E-state index in [-0.39, 0.29) is 0 Å². The highest BCUT2D eigenvalue weighted by Crippen LogP contribution is 2.12. The lowest BCUT2D eigenvalue weighted by Gasteiger charge is -2.09. The van der Waals surface area contributed by atoms with Crippen LogP contribution in [-0.4, -0.2) is 12.6 Å². The zero-order valence-electron chi connectivity index (χ0n) is 6.48. The van der Waals surface area contributed by atoms with Gasteiger partial charge in [-0.2, -0.15) is 0 Å². The van der Waals surface area contributed by atoms with Gasteiger partial charge >= 0.3 is 0 Å². The summed E-state index contributed by atoms with van der Waals surface area (Å²) in [6, 6.07) is 0.759. The third-order valence-corrected chi connectivity index (χ3v) is 2.15. The summed E-state index contributed by atoms with van der Waals surface area (Å²) in [5.41, 5.74) is 0. The van der Waals surface area contributed by atoms with Crippen molar-refractivity contribution in [3.8, 4) is 0 Å². The van der Waals surface area contributed by atoms with Gasteiger partial charge < -0.3 is 5.32 Å². The van der Waals surface area contributed by atoms with E-state index in [0.29, 0.717) is 0 Å². The second-order valence-corrected chi connectivity index (χ2v) is 3.35. The van der Waals surface area contributed by atoms with E-state index in [2.05, 4.69) is 19.2 Å². The molecule has 0 amide bonds. The topological polar surface area (TPSA) is 12.0 Å². The fourth-order valence-electron chi connectivity index (χ4n) is 1.38. The summed E-state index contributed by atoms with van der Waals surface area (Å²) >= 11 is 0. The quantitative estimate of drug-likeness (QED) is 0.523. The first-order valence-corrected chi connectivity index (χ1v) is 4.02. The lowest BCUT2D eigenvalue weighted by atomic mass is 10.1. The van der Waals surface area contributed by atoms with Crippen LogP contribution >= 0.6 is 0 Å². The average Bonchev–Trinajstić information content (AvgIpc) is 1.97. The van der Waals surface area contributed by atoms with Gasteiger partial charge in [-0.3, -0.25) is 0 Å². The maximum absolute atomic E-state index is 3.49. The molecule has 0 unspecified atom stereocenters. The molecule has 54 valence electrons. The Morgan fingerprint density at radius 2 is 2.00 bits per heavy atom. The van der Waals surface area contributed by atoms with Crippen molar-refractivity contribution in [2.45, 2.75) is 39.2 Å². The molecule has 9 heavy (non-hydrogen) atoms. The molecule has 1 heteroatoms. The Hall–Kier alpha value is -0.0400. The van der Waals surface area contributed by atoms with Crippen molar-refractivity contribution in [1.29, 1.82) is 0 Å². The minimum atomic E-state index is 0.759. The summed E-state index contributed by atoms with van der Waals surface area (Å²) in [5, 5.41) is 3.49. The maximum Gasteiger partial charge on any atom is 0.00388 e. The highest BCUT2D eigenvalue weighted by atomic mass is 14.9. The third kappa shape index (κ3) is 2.35. The van der Waals surface area contributed by atoms with Crippen LogP contribution in [0.3, 0.4) is 0 Å². The van der Waals surface area contributed by atoms with Gasteiger partial charge in [0.25, 0.3) is 0 Å². The molecular formula is C8H17N. The molecule has 0 saturated carbocycles. The Labute approximate surface area is 57.8 Å². The summed E-state index contributed by atoms with van der Waals surface area (Å²) in [5.74, 6) is 0.898. The molecular weight excluding hydrogens is 110 g/mol. The second-order valence-electron chi connectivity index (χ2n) is 3.35. The molecule has 0 aromatic carbocycles. The Morgan fingerprint density at radius 1 is 1.22 bits per heavy atom. The molecule has 0 aromatic heterocycles. The molecule has 1 heterocycles. The molecule has 0 bridgehead atoms. The first-order chi connectivity index (χ1) is 4.29. The van der Waals surface area contributed by atoms with Gasteiger partial charge in [-0.25, -0.2) is 0 Å². The van der Waals surface area contributed by atoms with Gasteiger partial charge in [0.2, 0.25) is 0 Å². The van der Waals surface area contributed by atoms with Crippen molar-refractivity contribution in [3.05, 3.63) is 0 Å². The molecule has 1 nitrogen and oxygen atoms in total. The smallest absolute Gasteiger partial charge is 0.00388 e. The predicted molar refractivity (Wildman–Crippen MR) is 40.5 cm³/mol. The van der Waals surface area contributed by atoms with Gasteiger partial charge in [0.05, 0.1) is 0 Å². The Morgan fingerprint density at radius 3 is 2.78 bits per heavy atom. The van der Waals surface area contributed by atoms with Crippen LogP contribution in [-0.2, 0) is 0 Å². The molecule has 1 fully saturated rings. The molecule has 0 radical (unpaired) electrons. The number of rotatable bonds is 0. The average molecular weight is 127 g/mol. The standard InChI is InChI=1S/C8H17N/c1-7-4-3-5-8(2)9-6-7/h7-9H,3-6H2,1-2H3/t7-,8-/m1/s1. The van der Waals surface area contributed by atoms with Crippen LogP contribution < -0.4 is 5.32 Å². The van der Waals surface area contributed by atoms with Crippen LogP contribution in [0.4, 0.5) is 0 Å². The first-order valence-electron chi connectivity index (χ1n) is 4.02. The summed E-state index contributed by atoms with van der Waals surface area (Å²) in [7, 11) is 0. The molecule has 0 aromatic rings. The van der Waals surface area contributed by atoms with E-state index < -0.39 is 0 Å². The number of nitrogens with one attached hydrogen (secondary N) is 1. The molecule has 1 saturated heterocycles. The lowest BCUT2D eigenvalue weighted by Crippen LogP contribution is -2.27. The molecule has 0 spiro atoms. The normalized spacial score (nSPS) is 38.0. The SMILES string of the molecule is C[C@@H]1CCC[C@@H](C)NC1. The first kappa shape index (κ1) is 7.07. The van der Waals surface area contributed by atoms with Crippen LogP contribution in [0.5, 0.6) is 0 Å². The van der Waals surface area contributed by atoms with Crippen LogP contribution in [0.25, 0.3) is 0 Å². The largest absolute Gasteiger partial charge is 0.314 e. The van der Waals surface area contributed by atoms with Gasteiger partial charge in [-0.15, -0.1) is 0 Å². The van der Waals surface area contributed by atoms with Crippen LogP contribution in [0, 0.1) is 5.92 Å². The van der Waals surface area contributed by atoms with Crippen LogP contribution in [0.15, 0.2) is 0 Å². The minimum absolute atomic E-state index is 0.759. The highest BCUT2D eigenvalue weighted by Gasteiger charge is 2.10. The Balaban J connectivity index is 2.25. The minimum Gasteiger partial charge on any atom is -0.314 e. The predicted octanol–water partition coefficient (Wildman–Crippen LogP) is 1.78. The summed E-state index contributed by atoms with van der Waals surface area (Å²) in [4.78, 5) is 0. The van der Waals surface area contributed by atoms with E-state index in [1.807, 2.05) is 0 Å². The van der Waals surface area contributed by atoms with Crippen molar-refractivity contribution < 1.29 is 0 Å². The summed E-state index contributed by atoms with van der Waals surface area (Å²) < 4.78 is 0. The van der Waals surface area contributed by atoms with Gasteiger partial charge in [0.1, 0.15) is 0 Å². The molecule has 2 atom stereocenters. The van der Waals surface area contributed by atoms with Crippen molar-refractivity contribution in [3.63, 3.8) is 0 Å². The second kappa shape index (κ2) is 3.21. The Bertz CT molecular complexity index is 70.6. The molecule has 1 rings (SSSR count). The fraction of sp³-hybridized carbons (Fsp3) is 1.00. The zero-order valence-corrected chi connectivity index (χ0v) is 6.48. The summed E-state index contributed by atoms with van der Waals surface area (Å²) in [6.07, 6.45) is 4.19. The lowest BCUT2D eigenvalue weighted by molar-refractivity contribution is 0.503. The molecule has 0 aliphatic carbocycles. The van der Waals surface area contributed by atoms with E-state index in [4.69, 9.17) is 0 Å². The summed E-state index contributed by atoms with van der Waals surface area (Å²) in [6.45, 7) is 5.82. The van der Waals surface area contributed by atoms with Crippen LogP contribution in [0.1, 0.15) is 33.1 Å². The van der Waals surface area contributed by atoms with Crippen LogP contribution in [0.2, 0.25) is 0 Å².